The molecule has 5 amide bonds. The molecule has 8 rings (SSSR count). The van der Waals surface area contributed by atoms with Crippen molar-refractivity contribution in [3.63, 3.8) is 0 Å². The monoisotopic (exact) mass is 1950 g/mol. The number of esters is 1. The number of unbranched alkanes of at least 4 members (excludes halogenated alkanes) is 1. The third kappa shape index (κ3) is 28.5. The van der Waals surface area contributed by atoms with Gasteiger partial charge in [0.1, 0.15) is 49.0 Å². The normalized spacial score (nSPS) is 28.4. The number of rotatable bonds is 42. The van der Waals surface area contributed by atoms with E-state index >= 15 is 0 Å². The molecule has 35 nitrogen and oxygen atoms in total. The summed E-state index contributed by atoms with van der Waals surface area (Å²) in [4.78, 5) is 130. The summed E-state index contributed by atoms with van der Waals surface area (Å²) >= 11 is 2.77. The molecule has 22 atom stereocenters. The standard InChI is InChI=1S/C88H124IN7O28S3/c1-17-96(86(109)117-43-51-28-30-54(31-29-51)93-80(105)53(26-24-35-92-85(91)108)38-58(98)69(45(2)3)94-81(106)52(37-46(4)97)25-21-23-34-90)57-44-116-64(41-62(57)111-12)122-77-72(103)70(48(6)119-84(77)121-61-27-20-18-19-22-33-88(110)42-60(100)55(39-63(101)112-13)67(61)56(88)32-36-125-127-87(9,10)11)95-124-65-40-59(99)79(50(8)118-65)126-82(107)66-47(5)68(89)75(78(115-16)74(66)113-14)123-83-73(104)76(114-15)71(102)49(7)120-83/h18-19,28-32,45,48-50,52-53,57,59,61-62,64-65,69-73,76-77,79,83-84,95,99,102-104,110H,17,21,23-26,34-44,90H2,1-16H3,(H,93,105)(H,94,106)(H3,91,92,108)/b19-18-,56-32+/t48-,49+,50-,52-,53-,57+,59+,61+,62+,64+,65+,69+,70-,71+,72+,73-,76-,77-,79-,83+,84+,88+/m1/s1. The molecule has 0 saturated carbocycles. The number of urea groups is 1. The van der Waals surface area contributed by atoms with Gasteiger partial charge in [0.15, 0.2) is 47.5 Å². The van der Waals surface area contributed by atoms with Crippen molar-refractivity contribution in [2.45, 2.75) is 279 Å². The number of hydroxylamine groups is 1. The van der Waals surface area contributed by atoms with Crippen LogP contribution < -0.4 is 47.1 Å². The number of Topliss-reactive ketones (excluding diaryl/α,β-unsaturated/α-hetero) is 3. The Hall–Kier alpha value is -7.05. The fraction of sp³-hybridized carbons (Fsp3) is 0.648. The molecule has 704 valence electrons. The minimum atomic E-state index is -2.13. The van der Waals surface area contributed by atoms with E-state index in [-0.39, 0.29) is 127 Å². The molecule has 2 aromatic carbocycles. The van der Waals surface area contributed by atoms with Crippen molar-refractivity contribution in [1.29, 1.82) is 0 Å². The van der Waals surface area contributed by atoms with Crippen LogP contribution in [0.15, 0.2) is 59.2 Å². The van der Waals surface area contributed by atoms with Crippen LogP contribution in [0.1, 0.15) is 161 Å². The second kappa shape index (κ2) is 49.4. The van der Waals surface area contributed by atoms with E-state index in [1.165, 1.54) is 70.3 Å². The topological polar surface area (TPSA) is 487 Å². The molecule has 0 radical (unpaired) electrons. The third-order valence-corrected chi connectivity index (χ3v) is 28.2. The van der Waals surface area contributed by atoms with Gasteiger partial charge < -0.3 is 124 Å². The maximum absolute atomic E-state index is 14.7. The summed E-state index contributed by atoms with van der Waals surface area (Å²) in [5, 5.41) is 66.2. The van der Waals surface area contributed by atoms with Gasteiger partial charge in [-0.3, -0.25) is 33.6 Å². The number of ether oxygens (including phenoxy) is 13. The molecule has 4 fully saturated rings. The largest absolute Gasteiger partial charge is 0.492 e. The van der Waals surface area contributed by atoms with Gasteiger partial charge in [0.05, 0.1) is 104 Å². The van der Waals surface area contributed by atoms with Gasteiger partial charge in [0, 0.05) is 97.7 Å². The number of nitrogens with zero attached hydrogens (tertiary/aromatic N) is 1. The molecule has 127 heavy (non-hydrogen) atoms. The lowest BCUT2D eigenvalue weighted by atomic mass is 9.72. The lowest BCUT2D eigenvalue weighted by Gasteiger charge is -2.47. The first-order chi connectivity index (χ1) is 60.2. The second-order valence-corrected chi connectivity index (χ2v) is 38.5. The number of hydrogen-bond donors (Lipinski definition) is 11. The molecule has 2 aromatic rings. The summed E-state index contributed by atoms with van der Waals surface area (Å²) in [6, 6.07) is 2.69. The van der Waals surface area contributed by atoms with E-state index in [4.69, 9.17) is 77.9 Å². The summed E-state index contributed by atoms with van der Waals surface area (Å²) in [7, 11) is 9.66. The molecule has 4 heterocycles. The Morgan fingerprint density at radius 2 is 1.50 bits per heavy atom. The number of benzene rings is 2. The summed E-state index contributed by atoms with van der Waals surface area (Å²) < 4.78 is 79.7. The Balaban J connectivity index is 1.00. The maximum atomic E-state index is 14.7. The van der Waals surface area contributed by atoms with Crippen LogP contribution in [-0.4, -0.2) is 276 Å². The highest BCUT2D eigenvalue weighted by molar-refractivity contribution is 14.1. The predicted molar refractivity (Wildman–Crippen MR) is 479 cm³/mol. The van der Waals surface area contributed by atoms with Crippen LogP contribution in [0.5, 0.6) is 17.2 Å². The number of likely N-dealkylation sites (N-methyl/N-ethyl adjacent to an activating group) is 1. The number of primary amides is 1. The van der Waals surface area contributed by atoms with Crippen LogP contribution in [0.2, 0.25) is 0 Å². The van der Waals surface area contributed by atoms with Crippen LogP contribution in [0.4, 0.5) is 15.3 Å². The van der Waals surface area contributed by atoms with Crippen molar-refractivity contribution in [3.8, 4) is 40.9 Å². The van der Waals surface area contributed by atoms with Crippen LogP contribution >= 0.6 is 55.9 Å². The second-order valence-electron chi connectivity index (χ2n) is 33.1. The van der Waals surface area contributed by atoms with Gasteiger partial charge in [-0.05, 0) is 138 Å². The van der Waals surface area contributed by atoms with Crippen molar-refractivity contribution < 1.29 is 135 Å². The fourth-order valence-corrected chi connectivity index (χ4v) is 19.6. The minimum Gasteiger partial charge on any atom is -0.492 e. The number of methoxy groups -OCH3 is 5. The van der Waals surface area contributed by atoms with Crippen molar-refractivity contribution in [1.82, 2.24) is 21.0 Å². The van der Waals surface area contributed by atoms with Crippen LogP contribution in [0.3, 0.4) is 0 Å². The number of allylic oxidation sites excluding steroid dienone is 2. The van der Waals surface area contributed by atoms with Crippen molar-refractivity contribution >= 4 is 114 Å². The van der Waals surface area contributed by atoms with Crippen molar-refractivity contribution in [2.75, 3.05) is 72.9 Å². The number of aliphatic hydroxyl groups is 5. The number of carbonyl (C=O) groups is 9. The van der Waals surface area contributed by atoms with E-state index in [2.05, 4.69) is 45.1 Å². The Kier molecular flexibility index (Phi) is 41.0. The average molecular weight is 1950 g/mol. The molecule has 2 bridgehead atoms. The van der Waals surface area contributed by atoms with Crippen LogP contribution in [0, 0.1) is 51.9 Å². The highest BCUT2D eigenvalue weighted by atomic mass is 127. The SMILES string of the molecule is CCN(C(=O)OCc1ccc(NC(=O)[C@H](CCCNC(N)=O)CC(=O)[C@@H](NC(=O)[C@H](CCCCN)CC(C)=O)C(C)C)cc1)[C@H]1CO[C@@H](O[C@H]2[C@H](O[C@H]3C#C/C=C\C#C[C@]4(O)CC(=O)C(CC(=O)OC)=C3/C4=C\CSSC(C)(C)C)O[C@H](C)[C@@H](NO[C@H]3C[C@H](O)[C@H](SC(=O)c4c(C)c(I)c(O[C@@H]5O[C@@H](C)[C@H](O)[C@@H](OC)[C@H]5O)c(OC)c4OC)[C@@H](C)O3)[C@@H]2O)C[C@@H]1OC. The average Bonchev–Trinajstić information content (AvgIpc) is 0.747. The number of fused-ring (bicyclic) bond motifs is 2. The zero-order valence-corrected chi connectivity index (χ0v) is 79.2. The smallest absolute Gasteiger partial charge is 0.410 e. The first-order valence-corrected chi connectivity index (χ1v) is 46.6. The predicted octanol–water partition coefficient (Wildman–Crippen LogP) is 6.84. The Labute approximate surface area is 767 Å². The van der Waals surface area contributed by atoms with Gasteiger partial charge in [-0.15, -0.1) is 0 Å². The van der Waals surface area contributed by atoms with E-state index in [0.29, 0.717) is 46.2 Å². The minimum absolute atomic E-state index is 0.00470. The Morgan fingerprint density at radius 3 is 2.13 bits per heavy atom. The zero-order valence-electron chi connectivity index (χ0n) is 74.6. The van der Waals surface area contributed by atoms with Crippen LogP contribution in [0.25, 0.3) is 0 Å². The molecular weight excluding hydrogens is 1830 g/mol. The summed E-state index contributed by atoms with van der Waals surface area (Å²) in [6.45, 7) is 19.5. The quantitative estimate of drug-likeness (QED) is 0.00808. The molecule has 39 heteroatoms. The maximum Gasteiger partial charge on any atom is 0.410 e. The number of halogens is 1. The highest BCUT2D eigenvalue weighted by Gasteiger charge is 2.53. The van der Waals surface area contributed by atoms with Gasteiger partial charge in [0.2, 0.25) is 29.0 Å². The molecule has 0 spiro atoms. The van der Waals surface area contributed by atoms with Gasteiger partial charge >= 0.3 is 18.1 Å². The third-order valence-electron chi connectivity index (χ3n) is 22.3. The number of carbonyl (C=O) groups excluding carboxylic acids is 9. The van der Waals surface area contributed by atoms with E-state index < -0.39 is 193 Å². The van der Waals surface area contributed by atoms with Crippen LogP contribution in [-0.2, 0) is 87.6 Å². The number of thioether (sulfide) groups is 1. The number of nitrogens with one attached hydrogen (secondary N) is 4. The molecule has 4 aliphatic heterocycles. The molecular formula is C88H124IN7O28S3. The Morgan fingerprint density at radius 1 is 0.811 bits per heavy atom. The number of nitrogens with two attached hydrogens (primary N) is 2. The lowest BCUT2D eigenvalue weighted by molar-refractivity contribution is -0.337. The molecule has 2 aliphatic carbocycles. The van der Waals surface area contributed by atoms with Gasteiger partial charge in [0.25, 0.3) is 0 Å². The summed E-state index contributed by atoms with van der Waals surface area (Å²) in [6.07, 6.45) is -14.7. The summed E-state index contributed by atoms with van der Waals surface area (Å²) in [5.41, 5.74) is 13.2. The number of ketones is 3. The molecule has 6 aliphatic rings. The Bertz CT molecular complexity index is 4370. The van der Waals surface area contributed by atoms with Crippen molar-refractivity contribution in [2.24, 2.45) is 29.2 Å². The van der Waals surface area contributed by atoms with Gasteiger partial charge in [-0.1, -0.05) is 116 Å². The van der Waals surface area contributed by atoms with E-state index in [1.807, 2.05) is 43.4 Å². The van der Waals surface area contributed by atoms with Crippen molar-refractivity contribution in [3.05, 3.63) is 79.5 Å². The number of hydrogen-bond acceptors (Lipinski definition) is 33. The zero-order chi connectivity index (χ0) is 93.5. The lowest BCUT2D eigenvalue weighted by Crippen LogP contribution is -2.65. The number of anilines is 1. The number of aliphatic hydroxyl groups excluding tert-OH is 4. The molecule has 13 N–H and O–H groups in total. The van der Waals surface area contributed by atoms with E-state index in [1.54, 1.807) is 89.6 Å². The number of amides is 5. The van der Waals surface area contributed by atoms with E-state index in [0.717, 1.165) is 11.8 Å². The van der Waals surface area contributed by atoms with Gasteiger partial charge in [-0.25, -0.2) is 9.59 Å². The molecule has 0 unspecified atom stereocenters. The first-order valence-electron chi connectivity index (χ1n) is 42.3. The summed E-state index contributed by atoms with van der Waals surface area (Å²) in [5.74, 6) is 7.04. The van der Waals surface area contributed by atoms with Gasteiger partial charge in [-0.2, -0.15) is 5.48 Å². The fourth-order valence-electron chi connectivity index (χ4n) is 15.7. The first kappa shape index (κ1) is 105. The molecule has 4 saturated heterocycles. The highest BCUT2D eigenvalue weighted by Crippen LogP contribution is 2.50. The molecule has 0 aromatic heterocycles. The van der Waals surface area contributed by atoms with E-state index in [9.17, 15) is 68.7 Å².